The highest BCUT2D eigenvalue weighted by atomic mass is 16.5. The van der Waals surface area contributed by atoms with Crippen molar-refractivity contribution in [1.29, 1.82) is 5.26 Å². The van der Waals surface area contributed by atoms with Crippen LogP contribution in [0.25, 0.3) is 11.3 Å². The minimum atomic E-state index is -1.51. The lowest BCUT2D eigenvalue weighted by molar-refractivity contribution is 0.0611. The third-order valence-corrected chi connectivity index (χ3v) is 6.48. The second-order valence-corrected chi connectivity index (χ2v) is 8.85. The van der Waals surface area contributed by atoms with E-state index >= 15 is 0 Å². The van der Waals surface area contributed by atoms with Crippen molar-refractivity contribution in [3.63, 3.8) is 0 Å². The SMILES string of the molecule is COc1ccc2c(c1)C(=O)N(CC1(C#Cc3nc(-c4cccc(C#N)c4)ccc3OC)NC(=O)NC1O)C2. The van der Waals surface area contributed by atoms with Crippen molar-refractivity contribution in [2.24, 2.45) is 0 Å². The minimum absolute atomic E-state index is 0.0814. The first kappa shape index (κ1) is 24.6. The van der Waals surface area contributed by atoms with Gasteiger partial charge in [-0.1, -0.05) is 24.1 Å². The Morgan fingerprint density at radius 2 is 2.00 bits per heavy atom. The number of nitrogens with zero attached hydrogens (tertiary/aromatic N) is 3. The van der Waals surface area contributed by atoms with E-state index in [0.29, 0.717) is 28.3 Å². The highest BCUT2D eigenvalue weighted by Gasteiger charge is 2.48. The van der Waals surface area contributed by atoms with Crippen molar-refractivity contribution in [3.05, 3.63) is 77.0 Å². The van der Waals surface area contributed by atoms with Gasteiger partial charge in [0.2, 0.25) is 0 Å². The van der Waals surface area contributed by atoms with Crippen molar-refractivity contribution in [2.45, 2.75) is 18.3 Å². The number of nitriles is 1. The number of carbonyl (C=O) groups excluding carboxylic acids is 2. The summed E-state index contributed by atoms with van der Waals surface area (Å²) in [6.45, 7) is 0.207. The number of hydrogen-bond acceptors (Lipinski definition) is 7. The summed E-state index contributed by atoms with van der Waals surface area (Å²) in [7, 11) is 3.01. The molecule has 2 atom stereocenters. The average molecular weight is 510 g/mol. The Morgan fingerprint density at radius 3 is 2.71 bits per heavy atom. The molecule has 10 nitrogen and oxygen atoms in total. The molecule has 38 heavy (non-hydrogen) atoms. The molecule has 5 rings (SSSR count). The number of urea groups is 1. The zero-order valence-corrected chi connectivity index (χ0v) is 20.6. The molecule has 2 aromatic carbocycles. The molecule has 0 saturated carbocycles. The van der Waals surface area contributed by atoms with Gasteiger partial charge in [0.25, 0.3) is 5.91 Å². The lowest BCUT2D eigenvalue weighted by atomic mass is 9.98. The van der Waals surface area contributed by atoms with Gasteiger partial charge in [0.05, 0.1) is 38.1 Å². The van der Waals surface area contributed by atoms with Crippen molar-refractivity contribution < 1.29 is 24.2 Å². The van der Waals surface area contributed by atoms with Crippen LogP contribution in [0.2, 0.25) is 0 Å². The van der Waals surface area contributed by atoms with Gasteiger partial charge in [-0.3, -0.25) is 4.79 Å². The fraction of sp³-hybridized carbons (Fsp3) is 0.214. The summed E-state index contributed by atoms with van der Waals surface area (Å²) in [5.41, 5.74) is 1.83. The van der Waals surface area contributed by atoms with Crippen molar-refractivity contribution >= 4 is 11.9 Å². The number of methoxy groups -OCH3 is 2. The Morgan fingerprint density at radius 1 is 1.16 bits per heavy atom. The van der Waals surface area contributed by atoms with Crippen LogP contribution in [0.3, 0.4) is 0 Å². The number of aromatic nitrogens is 1. The lowest BCUT2D eigenvalue weighted by Crippen LogP contribution is -2.56. The number of carbonyl (C=O) groups is 2. The molecule has 1 saturated heterocycles. The fourth-order valence-corrected chi connectivity index (χ4v) is 4.50. The summed E-state index contributed by atoms with van der Waals surface area (Å²) in [5, 5.41) is 25.1. The monoisotopic (exact) mass is 509 g/mol. The molecule has 1 aromatic heterocycles. The maximum atomic E-state index is 13.2. The van der Waals surface area contributed by atoms with E-state index in [-0.39, 0.29) is 24.7 Å². The van der Waals surface area contributed by atoms with E-state index in [1.807, 2.05) is 12.1 Å². The molecule has 3 heterocycles. The molecule has 3 N–H and O–H groups in total. The number of ether oxygens (including phenoxy) is 2. The van der Waals surface area contributed by atoms with Crippen LogP contribution in [0.5, 0.6) is 11.5 Å². The third-order valence-electron chi connectivity index (χ3n) is 6.48. The van der Waals surface area contributed by atoms with Crippen LogP contribution >= 0.6 is 0 Å². The topological polar surface area (TPSA) is 137 Å². The van der Waals surface area contributed by atoms with Crippen molar-refractivity contribution in [2.75, 3.05) is 20.8 Å². The fourth-order valence-electron chi connectivity index (χ4n) is 4.50. The Hall–Kier alpha value is -5.06. The predicted molar refractivity (Wildman–Crippen MR) is 136 cm³/mol. The zero-order valence-electron chi connectivity index (χ0n) is 20.6. The molecule has 190 valence electrons. The van der Waals surface area contributed by atoms with E-state index < -0.39 is 17.8 Å². The van der Waals surface area contributed by atoms with Crippen LogP contribution in [0.15, 0.2) is 54.6 Å². The molecule has 2 aliphatic heterocycles. The maximum Gasteiger partial charge on any atom is 0.318 e. The molecule has 1 fully saturated rings. The van der Waals surface area contributed by atoms with Crippen LogP contribution in [-0.2, 0) is 6.54 Å². The number of benzene rings is 2. The van der Waals surface area contributed by atoms with Gasteiger partial charge in [-0.15, -0.1) is 0 Å². The Kier molecular flexibility index (Phi) is 6.33. The van der Waals surface area contributed by atoms with Gasteiger partial charge in [-0.2, -0.15) is 5.26 Å². The maximum absolute atomic E-state index is 13.2. The molecule has 3 aromatic rings. The van der Waals surface area contributed by atoms with Gasteiger partial charge in [0, 0.05) is 17.7 Å². The number of aliphatic hydroxyl groups is 1. The van der Waals surface area contributed by atoms with E-state index in [2.05, 4.69) is 33.5 Å². The summed E-state index contributed by atoms with van der Waals surface area (Å²) in [6.07, 6.45) is -1.39. The van der Waals surface area contributed by atoms with Crippen LogP contribution in [0, 0.1) is 23.2 Å². The summed E-state index contributed by atoms with van der Waals surface area (Å²) in [6, 6.07) is 17.2. The first-order chi connectivity index (χ1) is 18.4. The van der Waals surface area contributed by atoms with Gasteiger partial charge >= 0.3 is 6.03 Å². The molecule has 0 bridgehead atoms. The third kappa shape index (κ3) is 4.45. The van der Waals surface area contributed by atoms with Crippen LogP contribution in [0.1, 0.15) is 27.2 Å². The van der Waals surface area contributed by atoms with Crippen LogP contribution in [-0.4, -0.2) is 59.5 Å². The van der Waals surface area contributed by atoms with Crippen LogP contribution in [0.4, 0.5) is 4.79 Å². The second kappa shape index (κ2) is 9.77. The van der Waals surface area contributed by atoms with Crippen molar-refractivity contribution in [3.8, 4) is 40.7 Å². The highest BCUT2D eigenvalue weighted by molar-refractivity contribution is 5.99. The standard InChI is InChI=1S/C28H23N5O5/c1-37-20-7-6-19-15-33(25(34)21(19)13-20)16-28(26(35)31-27(36)32-28)11-10-23-24(38-2)9-8-22(30-23)18-5-3-4-17(12-18)14-29/h3-9,12-13,26,35H,15-16H2,1-2H3,(H2,31,32,36). The van der Waals surface area contributed by atoms with Crippen molar-refractivity contribution in [1.82, 2.24) is 20.5 Å². The lowest BCUT2D eigenvalue weighted by Gasteiger charge is -2.30. The second-order valence-electron chi connectivity index (χ2n) is 8.85. The minimum Gasteiger partial charge on any atom is -0.497 e. The molecular weight excluding hydrogens is 486 g/mol. The Balaban J connectivity index is 1.50. The molecule has 0 spiro atoms. The van der Waals surface area contributed by atoms with E-state index in [1.165, 1.54) is 19.1 Å². The van der Waals surface area contributed by atoms with Gasteiger partial charge in [0.1, 0.15) is 5.75 Å². The van der Waals surface area contributed by atoms with Gasteiger partial charge < -0.3 is 30.1 Å². The number of nitrogens with one attached hydrogen (secondary N) is 2. The van der Waals surface area contributed by atoms with E-state index in [9.17, 15) is 20.0 Å². The normalized spacial score (nSPS) is 19.5. The summed E-state index contributed by atoms with van der Waals surface area (Å²) in [5.74, 6) is 6.58. The zero-order chi connectivity index (χ0) is 26.9. The Labute approximate surface area is 218 Å². The summed E-state index contributed by atoms with van der Waals surface area (Å²) in [4.78, 5) is 31.5. The van der Waals surface area contributed by atoms with Gasteiger partial charge in [0.15, 0.2) is 23.2 Å². The molecule has 0 radical (unpaired) electrons. The molecule has 3 amide bonds. The number of rotatable bonds is 5. The van der Waals surface area contributed by atoms with E-state index in [4.69, 9.17) is 9.47 Å². The Bertz CT molecular complexity index is 1550. The quantitative estimate of drug-likeness (QED) is 0.448. The molecule has 0 aliphatic carbocycles. The highest BCUT2D eigenvalue weighted by Crippen LogP contribution is 2.29. The van der Waals surface area contributed by atoms with E-state index in [0.717, 1.165) is 11.1 Å². The molecule has 2 unspecified atom stereocenters. The van der Waals surface area contributed by atoms with E-state index in [1.54, 1.807) is 42.5 Å². The first-order valence-electron chi connectivity index (χ1n) is 11.7. The summed E-state index contributed by atoms with van der Waals surface area (Å²) >= 11 is 0. The van der Waals surface area contributed by atoms with Gasteiger partial charge in [-0.05, 0) is 47.9 Å². The molecule has 2 aliphatic rings. The average Bonchev–Trinajstić information content (AvgIpc) is 3.40. The predicted octanol–water partition coefficient (Wildman–Crippen LogP) is 2.01. The number of hydrogen-bond donors (Lipinski definition) is 3. The largest absolute Gasteiger partial charge is 0.497 e. The number of amides is 3. The van der Waals surface area contributed by atoms with Gasteiger partial charge in [-0.25, -0.2) is 9.78 Å². The van der Waals surface area contributed by atoms with Crippen LogP contribution < -0.4 is 20.1 Å². The molecule has 10 heteroatoms. The molecular formula is C28H23N5O5. The number of aliphatic hydroxyl groups excluding tert-OH is 1. The number of fused-ring (bicyclic) bond motifs is 1. The smallest absolute Gasteiger partial charge is 0.318 e. The summed E-state index contributed by atoms with van der Waals surface area (Å²) < 4.78 is 10.7. The first-order valence-corrected chi connectivity index (χ1v) is 11.7. The number of pyridine rings is 1.